The van der Waals surface area contributed by atoms with Crippen LogP contribution in [0.4, 0.5) is 4.39 Å². The monoisotopic (exact) mass is 307 g/mol. The zero-order valence-corrected chi connectivity index (χ0v) is 12.8. The maximum absolute atomic E-state index is 13.7. The van der Waals surface area contributed by atoms with Crippen LogP contribution in [0, 0.1) is 5.82 Å². The van der Waals surface area contributed by atoms with Crippen molar-refractivity contribution in [3.8, 4) is 5.75 Å². The summed E-state index contributed by atoms with van der Waals surface area (Å²) in [5, 5.41) is 3.37. The number of nitrogens with one attached hydrogen (secondary N) is 1. The number of hydrogen-bond donors (Lipinski definition) is 1. The van der Waals surface area contributed by atoms with E-state index >= 15 is 0 Å². The molecule has 0 unspecified atom stereocenters. The molecule has 2 aromatic carbocycles. The van der Waals surface area contributed by atoms with Crippen molar-refractivity contribution in [1.29, 1.82) is 0 Å². The van der Waals surface area contributed by atoms with Gasteiger partial charge in [0.15, 0.2) is 11.6 Å². The van der Waals surface area contributed by atoms with E-state index in [9.17, 15) is 4.39 Å². The van der Waals surface area contributed by atoms with Crippen molar-refractivity contribution in [3.05, 3.63) is 64.4 Å². The van der Waals surface area contributed by atoms with Gasteiger partial charge in [-0.2, -0.15) is 0 Å². The number of rotatable bonds is 7. The van der Waals surface area contributed by atoms with Gasteiger partial charge in [0.25, 0.3) is 0 Å². The van der Waals surface area contributed by atoms with Crippen LogP contribution in [0.25, 0.3) is 0 Å². The normalized spacial score (nSPS) is 10.6. The molecule has 0 heterocycles. The van der Waals surface area contributed by atoms with Crippen molar-refractivity contribution in [1.82, 2.24) is 5.32 Å². The molecule has 0 spiro atoms. The molecule has 0 bridgehead atoms. The zero-order valence-electron chi connectivity index (χ0n) is 12.0. The summed E-state index contributed by atoms with van der Waals surface area (Å²) in [6.45, 7) is 4.37. The largest absolute Gasteiger partial charge is 0.486 e. The lowest BCUT2D eigenvalue weighted by atomic mass is 10.1. The van der Waals surface area contributed by atoms with Gasteiger partial charge in [-0.3, -0.25) is 0 Å². The Labute approximate surface area is 129 Å². The summed E-state index contributed by atoms with van der Waals surface area (Å²) >= 11 is 5.72. The van der Waals surface area contributed by atoms with Crippen LogP contribution in [-0.2, 0) is 13.0 Å². The molecule has 0 radical (unpaired) electrons. The first-order chi connectivity index (χ1) is 10.2. The smallest absolute Gasteiger partial charge is 0.183 e. The molecule has 21 heavy (non-hydrogen) atoms. The quantitative estimate of drug-likeness (QED) is 0.774. The maximum Gasteiger partial charge on any atom is 0.183 e. The van der Waals surface area contributed by atoms with Gasteiger partial charge < -0.3 is 10.1 Å². The first-order valence-electron chi connectivity index (χ1n) is 7.06. The topological polar surface area (TPSA) is 21.3 Å². The minimum Gasteiger partial charge on any atom is -0.486 e. The predicted octanol–water partition coefficient (Wildman–Crippen LogP) is 4.21. The highest BCUT2D eigenvalue weighted by molar-refractivity contribution is 6.30. The lowest BCUT2D eigenvalue weighted by Gasteiger charge is -2.09. The van der Waals surface area contributed by atoms with E-state index in [0.29, 0.717) is 6.61 Å². The average Bonchev–Trinajstić information content (AvgIpc) is 2.50. The molecule has 0 aliphatic rings. The Morgan fingerprint density at radius 2 is 1.81 bits per heavy atom. The van der Waals surface area contributed by atoms with Gasteiger partial charge in [-0.1, -0.05) is 48.9 Å². The summed E-state index contributed by atoms with van der Waals surface area (Å²) in [6, 6.07) is 12.9. The van der Waals surface area contributed by atoms with Crippen molar-refractivity contribution in [2.75, 3.05) is 13.1 Å². The van der Waals surface area contributed by atoms with E-state index in [0.717, 1.165) is 25.1 Å². The lowest BCUT2D eigenvalue weighted by Crippen LogP contribution is -2.15. The van der Waals surface area contributed by atoms with Gasteiger partial charge in [0.1, 0.15) is 6.61 Å². The van der Waals surface area contributed by atoms with Crippen molar-refractivity contribution < 1.29 is 9.13 Å². The van der Waals surface area contributed by atoms with E-state index in [1.54, 1.807) is 12.1 Å². The average molecular weight is 308 g/mol. The molecule has 2 aromatic rings. The fourth-order valence-corrected chi connectivity index (χ4v) is 2.13. The summed E-state index contributed by atoms with van der Waals surface area (Å²) in [5.41, 5.74) is 2.27. The molecule has 0 aromatic heterocycles. The first-order valence-corrected chi connectivity index (χ1v) is 7.44. The van der Waals surface area contributed by atoms with Crippen molar-refractivity contribution in [2.45, 2.75) is 20.0 Å². The van der Waals surface area contributed by atoms with E-state index in [1.165, 1.54) is 11.6 Å². The van der Waals surface area contributed by atoms with Gasteiger partial charge in [0.2, 0.25) is 0 Å². The molecular formula is C17H19ClFNO. The second kappa shape index (κ2) is 8.01. The van der Waals surface area contributed by atoms with Gasteiger partial charge in [0.05, 0.1) is 5.02 Å². The van der Waals surface area contributed by atoms with Crippen LogP contribution in [0.5, 0.6) is 5.75 Å². The van der Waals surface area contributed by atoms with Crippen LogP contribution < -0.4 is 10.1 Å². The Balaban J connectivity index is 1.90. The van der Waals surface area contributed by atoms with Gasteiger partial charge in [-0.15, -0.1) is 0 Å². The van der Waals surface area contributed by atoms with Crippen LogP contribution in [-0.4, -0.2) is 13.1 Å². The minimum absolute atomic E-state index is 0.0753. The zero-order chi connectivity index (χ0) is 15.1. The molecule has 0 saturated carbocycles. The third-order valence-corrected chi connectivity index (χ3v) is 3.47. The molecule has 4 heteroatoms. The van der Waals surface area contributed by atoms with Crippen LogP contribution in [0.3, 0.4) is 0 Å². The molecule has 0 amide bonds. The summed E-state index contributed by atoms with van der Waals surface area (Å²) in [6.07, 6.45) is 0.998. The third-order valence-electron chi connectivity index (χ3n) is 3.17. The van der Waals surface area contributed by atoms with E-state index in [4.69, 9.17) is 16.3 Å². The Morgan fingerprint density at radius 1 is 1.10 bits per heavy atom. The van der Waals surface area contributed by atoms with Crippen molar-refractivity contribution in [2.24, 2.45) is 0 Å². The highest BCUT2D eigenvalue weighted by Gasteiger charge is 2.07. The molecule has 112 valence electrons. The third kappa shape index (κ3) is 4.73. The number of ether oxygens (including phenoxy) is 1. The molecular weight excluding hydrogens is 289 g/mol. The fourth-order valence-electron chi connectivity index (χ4n) is 1.97. The van der Waals surface area contributed by atoms with Crippen LogP contribution in [0.15, 0.2) is 42.5 Å². The van der Waals surface area contributed by atoms with Gasteiger partial charge >= 0.3 is 0 Å². The number of likely N-dealkylation sites (N-methyl/N-ethyl adjacent to an activating group) is 1. The summed E-state index contributed by atoms with van der Waals surface area (Å²) in [5.74, 6) is -0.333. The summed E-state index contributed by atoms with van der Waals surface area (Å²) < 4.78 is 19.1. The molecule has 0 aliphatic heterocycles. The lowest BCUT2D eigenvalue weighted by molar-refractivity contribution is 0.290. The number of hydrogen-bond acceptors (Lipinski definition) is 2. The van der Waals surface area contributed by atoms with E-state index in [2.05, 4.69) is 24.4 Å². The second-order valence-electron chi connectivity index (χ2n) is 4.76. The highest BCUT2D eigenvalue weighted by Crippen LogP contribution is 2.24. The number of benzene rings is 2. The second-order valence-corrected chi connectivity index (χ2v) is 5.17. The Morgan fingerprint density at radius 3 is 2.52 bits per heavy atom. The Kier molecular flexibility index (Phi) is 6.03. The van der Waals surface area contributed by atoms with Gasteiger partial charge in [-0.25, -0.2) is 4.39 Å². The highest BCUT2D eigenvalue weighted by atomic mass is 35.5. The molecule has 0 atom stereocenters. The SMILES string of the molecule is CCNCCc1ccc(COc2cccc(Cl)c2F)cc1. The van der Waals surface area contributed by atoms with E-state index in [-0.39, 0.29) is 10.8 Å². The van der Waals surface area contributed by atoms with Gasteiger partial charge in [-0.05, 0) is 42.8 Å². The van der Waals surface area contributed by atoms with E-state index in [1.807, 2.05) is 12.1 Å². The predicted molar refractivity (Wildman–Crippen MR) is 84.4 cm³/mol. The summed E-state index contributed by atoms with van der Waals surface area (Å²) in [4.78, 5) is 0. The molecule has 0 aliphatic carbocycles. The standard InChI is InChI=1S/C17H19ClFNO/c1-2-20-11-10-13-6-8-14(9-7-13)12-21-16-5-3-4-15(18)17(16)19/h3-9,20H,2,10-12H2,1H3. The summed E-state index contributed by atoms with van der Waals surface area (Å²) in [7, 11) is 0. The van der Waals surface area contributed by atoms with Crippen molar-refractivity contribution in [3.63, 3.8) is 0 Å². The number of halogens is 2. The van der Waals surface area contributed by atoms with Gasteiger partial charge in [0, 0.05) is 0 Å². The molecule has 0 saturated heterocycles. The Hall–Kier alpha value is -1.58. The van der Waals surface area contributed by atoms with Crippen LogP contribution in [0.2, 0.25) is 5.02 Å². The van der Waals surface area contributed by atoms with Crippen LogP contribution in [0.1, 0.15) is 18.1 Å². The first kappa shape index (κ1) is 15.8. The maximum atomic E-state index is 13.7. The van der Waals surface area contributed by atoms with Crippen LogP contribution >= 0.6 is 11.6 Å². The molecule has 1 N–H and O–H groups in total. The molecule has 2 nitrogen and oxygen atoms in total. The molecule has 2 rings (SSSR count). The fraction of sp³-hybridized carbons (Fsp3) is 0.294. The van der Waals surface area contributed by atoms with E-state index < -0.39 is 5.82 Å². The Bertz CT molecular complexity index is 572. The van der Waals surface area contributed by atoms with Crippen molar-refractivity contribution >= 4 is 11.6 Å². The minimum atomic E-state index is -0.513. The molecule has 0 fully saturated rings.